The first-order chi connectivity index (χ1) is 7.36. The fraction of sp³-hybridized carbons (Fsp3) is 0.308. The van der Waals surface area contributed by atoms with E-state index in [1.54, 1.807) is 0 Å². The van der Waals surface area contributed by atoms with Crippen LogP contribution in [0, 0.1) is 5.92 Å². The van der Waals surface area contributed by atoms with Crippen molar-refractivity contribution in [2.75, 3.05) is 0 Å². The van der Waals surface area contributed by atoms with E-state index in [0.29, 0.717) is 5.92 Å². The standard InChI is InChI=1S/C13H14N2/c14-12(9-6-7-9)11-5-1-3-10-4-2-8-15-13(10)11/h1-5,8-9,12H,6-7,14H2/t12-/m0/s1. The van der Waals surface area contributed by atoms with E-state index in [-0.39, 0.29) is 6.04 Å². The fourth-order valence-electron chi connectivity index (χ4n) is 2.11. The van der Waals surface area contributed by atoms with Crippen LogP contribution in [0.25, 0.3) is 10.9 Å². The van der Waals surface area contributed by atoms with Crippen molar-refractivity contribution in [2.24, 2.45) is 11.7 Å². The number of aromatic nitrogens is 1. The van der Waals surface area contributed by atoms with Gasteiger partial charge in [-0.1, -0.05) is 24.3 Å². The van der Waals surface area contributed by atoms with Crippen molar-refractivity contribution in [3.05, 3.63) is 42.1 Å². The molecule has 0 radical (unpaired) electrons. The molecule has 2 aromatic rings. The molecule has 0 spiro atoms. The number of fused-ring (bicyclic) bond motifs is 1. The molecule has 0 bridgehead atoms. The highest BCUT2D eigenvalue weighted by Crippen LogP contribution is 2.40. The SMILES string of the molecule is N[C@H](c1cccc2cccnc12)C1CC1. The number of rotatable bonds is 2. The molecule has 2 nitrogen and oxygen atoms in total. The van der Waals surface area contributed by atoms with Crippen LogP contribution in [0.15, 0.2) is 36.5 Å². The van der Waals surface area contributed by atoms with Crippen LogP contribution in [0.5, 0.6) is 0 Å². The van der Waals surface area contributed by atoms with Gasteiger partial charge in [-0.15, -0.1) is 0 Å². The molecule has 1 saturated carbocycles. The molecule has 76 valence electrons. The summed E-state index contributed by atoms with van der Waals surface area (Å²) in [6.07, 6.45) is 4.38. The molecule has 0 saturated heterocycles. The second kappa shape index (κ2) is 3.31. The van der Waals surface area contributed by atoms with Crippen molar-refractivity contribution in [1.29, 1.82) is 0 Å². The maximum atomic E-state index is 6.23. The Morgan fingerprint density at radius 3 is 2.80 bits per heavy atom. The monoisotopic (exact) mass is 198 g/mol. The Labute approximate surface area is 89.1 Å². The van der Waals surface area contributed by atoms with Crippen LogP contribution < -0.4 is 5.73 Å². The van der Waals surface area contributed by atoms with Crippen molar-refractivity contribution < 1.29 is 0 Å². The second-order valence-electron chi connectivity index (χ2n) is 4.29. The second-order valence-corrected chi connectivity index (χ2v) is 4.29. The lowest BCUT2D eigenvalue weighted by molar-refractivity contribution is 0.637. The molecule has 2 N–H and O–H groups in total. The molecule has 15 heavy (non-hydrogen) atoms. The van der Waals surface area contributed by atoms with E-state index >= 15 is 0 Å². The van der Waals surface area contributed by atoms with Gasteiger partial charge in [-0.3, -0.25) is 4.98 Å². The molecule has 0 unspecified atom stereocenters. The van der Waals surface area contributed by atoms with Crippen molar-refractivity contribution in [2.45, 2.75) is 18.9 Å². The van der Waals surface area contributed by atoms with Crippen LogP contribution in [-0.2, 0) is 0 Å². The van der Waals surface area contributed by atoms with Crippen molar-refractivity contribution in [3.8, 4) is 0 Å². The number of nitrogens with two attached hydrogens (primary N) is 1. The Bertz CT molecular complexity index is 483. The summed E-state index contributed by atoms with van der Waals surface area (Å²) < 4.78 is 0. The quantitative estimate of drug-likeness (QED) is 0.805. The molecule has 1 atom stereocenters. The number of hydrogen-bond acceptors (Lipinski definition) is 2. The van der Waals surface area contributed by atoms with Gasteiger partial charge in [-0.2, -0.15) is 0 Å². The average molecular weight is 198 g/mol. The average Bonchev–Trinajstić information content (AvgIpc) is 3.11. The minimum Gasteiger partial charge on any atom is -0.324 e. The normalized spacial score (nSPS) is 17.9. The van der Waals surface area contributed by atoms with Gasteiger partial charge in [0.2, 0.25) is 0 Å². The summed E-state index contributed by atoms with van der Waals surface area (Å²) in [5.41, 5.74) is 8.50. The van der Waals surface area contributed by atoms with E-state index in [2.05, 4.69) is 29.2 Å². The Morgan fingerprint density at radius 2 is 2.00 bits per heavy atom. The van der Waals surface area contributed by atoms with Gasteiger partial charge in [0.1, 0.15) is 0 Å². The van der Waals surface area contributed by atoms with Gasteiger partial charge in [0.15, 0.2) is 0 Å². The first-order valence-corrected chi connectivity index (χ1v) is 5.45. The summed E-state index contributed by atoms with van der Waals surface area (Å²) in [5, 5.41) is 1.19. The molecule has 2 heteroatoms. The van der Waals surface area contributed by atoms with Crippen molar-refractivity contribution in [3.63, 3.8) is 0 Å². The Hall–Kier alpha value is -1.41. The molecular formula is C13H14N2. The molecule has 0 aliphatic heterocycles. The van der Waals surface area contributed by atoms with Crippen LogP contribution >= 0.6 is 0 Å². The van der Waals surface area contributed by atoms with E-state index in [0.717, 1.165) is 5.52 Å². The highest BCUT2D eigenvalue weighted by molar-refractivity contribution is 5.82. The van der Waals surface area contributed by atoms with Gasteiger partial charge >= 0.3 is 0 Å². The first kappa shape index (κ1) is 8.86. The van der Waals surface area contributed by atoms with E-state index in [1.807, 2.05) is 12.3 Å². The molecule has 0 amide bonds. The summed E-state index contributed by atoms with van der Waals surface area (Å²) >= 11 is 0. The highest BCUT2D eigenvalue weighted by atomic mass is 14.7. The van der Waals surface area contributed by atoms with Gasteiger partial charge in [0.05, 0.1) is 5.52 Å². The van der Waals surface area contributed by atoms with E-state index < -0.39 is 0 Å². The topological polar surface area (TPSA) is 38.9 Å². The maximum Gasteiger partial charge on any atom is 0.0749 e. The van der Waals surface area contributed by atoms with Crippen molar-refractivity contribution in [1.82, 2.24) is 4.98 Å². The smallest absolute Gasteiger partial charge is 0.0749 e. The van der Waals surface area contributed by atoms with Crippen LogP contribution in [0.2, 0.25) is 0 Å². The summed E-state index contributed by atoms with van der Waals surface area (Å²) in [5.74, 6) is 0.678. The molecule has 1 aliphatic rings. The zero-order valence-corrected chi connectivity index (χ0v) is 8.56. The number of nitrogens with zero attached hydrogens (tertiary/aromatic N) is 1. The van der Waals surface area contributed by atoms with Crippen LogP contribution in [-0.4, -0.2) is 4.98 Å². The van der Waals surface area contributed by atoms with Crippen LogP contribution in [0.4, 0.5) is 0 Å². The maximum absolute atomic E-state index is 6.23. The largest absolute Gasteiger partial charge is 0.324 e. The van der Waals surface area contributed by atoms with Crippen molar-refractivity contribution >= 4 is 10.9 Å². The lowest BCUT2D eigenvalue weighted by Crippen LogP contribution is -2.13. The Balaban J connectivity index is 2.16. The molecule has 3 rings (SSSR count). The van der Waals surface area contributed by atoms with Crippen LogP contribution in [0.3, 0.4) is 0 Å². The number of para-hydroxylation sites is 1. The molecule has 1 heterocycles. The molecule has 1 aromatic carbocycles. The van der Waals surface area contributed by atoms with Gasteiger partial charge in [0.25, 0.3) is 0 Å². The Kier molecular flexibility index (Phi) is 1.96. The van der Waals surface area contributed by atoms with Gasteiger partial charge in [-0.05, 0) is 30.4 Å². The lowest BCUT2D eigenvalue weighted by Gasteiger charge is -2.12. The van der Waals surface area contributed by atoms with E-state index in [4.69, 9.17) is 5.73 Å². The van der Waals surface area contributed by atoms with E-state index in [1.165, 1.54) is 23.8 Å². The molecule has 1 aromatic heterocycles. The zero-order chi connectivity index (χ0) is 10.3. The zero-order valence-electron chi connectivity index (χ0n) is 8.56. The van der Waals surface area contributed by atoms with Gasteiger partial charge < -0.3 is 5.73 Å². The predicted molar refractivity (Wildman–Crippen MR) is 61.4 cm³/mol. The number of hydrogen-bond donors (Lipinski definition) is 1. The third-order valence-electron chi connectivity index (χ3n) is 3.15. The minimum atomic E-state index is 0.170. The highest BCUT2D eigenvalue weighted by Gasteiger charge is 2.30. The summed E-state index contributed by atoms with van der Waals surface area (Å²) in [4.78, 5) is 4.43. The predicted octanol–water partition coefficient (Wildman–Crippen LogP) is 2.64. The number of pyridine rings is 1. The summed E-state index contributed by atoms with van der Waals surface area (Å²) in [6, 6.07) is 10.5. The summed E-state index contributed by atoms with van der Waals surface area (Å²) in [6.45, 7) is 0. The fourth-order valence-corrected chi connectivity index (χ4v) is 2.11. The summed E-state index contributed by atoms with van der Waals surface area (Å²) in [7, 11) is 0. The first-order valence-electron chi connectivity index (χ1n) is 5.45. The third-order valence-corrected chi connectivity index (χ3v) is 3.15. The van der Waals surface area contributed by atoms with Crippen LogP contribution in [0.1, 0.15) is 24.4 Å². The molecular weight excluding hydrogens is 184 g/mol. The van der Waals surface area contributed by atoms with Gasteiger partial charge in [0, 0.05) is 17.6 Å². The van der Waals surface area contributed by atoms with Gasteiger partial charge in [-0.25, -0.2) is 0 Å². The molecule has 1 aliphatic carbocycles. The number of benzene rings is 1. The van der Waals surface area contributed by atoms with E-state index in [9.17, 15) is 0 Å². The minimum absolute atomic E-state index is 0.170. The molecule has 1 fully saturated rings. The Morgan fingerprint density at radius 1 is 1.20 bits per heavy atom. The lowest BCUT2D eigenvalue weighted by atomic mass is 10.00. The third kappa shape index (κ3) is 1.51.